The number of rotatable bonds is 6. The maximum atomic E-state index is 5.87. The Morgan fingerprint density at radius 3 is 2.35 bits per heavy atom. The lowest BCUT2D eigenvalue weighted by Gasteiger charge is -2.16. The Kier molecular flexibility index (Phi) is 7.13. The molecule has 0 aliphatic carbocycles. The summed E-state index contributed by atoms with van der Waals surface area (Å²) in [5.41, 5.74) is 1.32. The lowest BCUT2D eigenvalue weighted by atomic mass is 9.96. The van der Waals surface area contributed by atoms with E-state index in [0.717, 1.165) is 24.5 Å². The van der Waals surface area contributed by atoms with Crippen molar-refractivity contribution in [3.8, 4) is 11.5 Å². The molecule has 20 heavy (non-hydrogen) atoms. The molecule has 2 aromatic rings. The minimum absolute atomic E-state index is 0. The van der Waals surface area contributed by atoms with Gasteiger partial charge >= 0.3 is 0 Å². The quantitative estimate of drug-likeness (QED) is 0.839. The molecule has 2 rings (SSSR count). The molecule has 0 amide bonds. The lowest BCUT2D eigenvalue weighted by molar-refractivity contribution is 0.480. The number of halogens is 1. The van der Waals surface area contributed by atoms with Crippen LogP contribution in [-0.4, -0.2) is 13.6 Å². The third-order valence-electron chi connectivity index (χ3n) is 3.25. The van der Waals surface area contributed by atoms with Crippen LogP contribution in [0, 0.1) is 0 Å². The van der Waals surface area contributed by atoms with Crippen molar-refractivity contribution in [2.75, 3.05) is 13.6 Å². The smallest absolute Gasteiger partial charge is 0.127 e. The molecule has 2 nitrogen and oxygen atoms in total. The average molecular weight is 292 g/mol. The molecule has 1 N–H and O–H groups in total. The maximum Gasteiger partial charge on any atom is 0.127 e. The van der Waals surface area contributed by atoms with Gasteiger partial charge in [-0.3, -0.25) is 0 Å². The first kappa shape index (κ1) is 16.5. The van der Waals surface area contributed by atoms with Crippen LogP contribution in [0.25, 0.3) is 0 Å². The van der Waals surface area contributed by atoms with Gasteiger partial charge in [-0.1, -0.05) is 37.3 Å². The summed E-state index contributed by atoms with van der Waals surface area (Å²) in [5, 5.41) is 3.25. The van der Waals surface area contributed by atoms with Gasteiger partial charge in [0.1, 0.15) is 11.5 Å². The molecule has 1 atom stereocenters. The van der Waals surface area contributed by atoms with Crippen molar-refractivity contribution in [3.05, 3.63) is 60.2 Å². The molecule has 0 saturated heterocycles. The fourth-order valence-electron chi connectivity index (χ4n) is 2.20. The first-order valence-electron chi connectivity index (χ1n) is 6.81. The molecule has 0 fully saturated rings. The predicted molar refractivity (Wildman–Crippen MR) is 87.2 cm³/mol. The fourth-order valence-corrected chi connectivity index (χ4v) is 2.20. The molecule has 0 spiro atoms. The van der Waals surface area contributed by atoms with E-state index in [2.05, 4.69) is 30.4 Å². The molecular weight excluding hydrogens is 270 g/mol. The zero-order valence-electron chi connectivity index (χ0n) is 12.0. The molecule has 108 valence electrons. The second kappa shape index (κ2) is 8.62. The van der Waals surface area contributed by atoms with Gasteiger partial charge in [-0.05, 0) is 49.2 Å². The molecule has 0 heterocycles. The first-order chi connectivity index (χ1) is 9.33. The summed E-state index contributed by atoms with van der Waals surface area (Å²) in [6, 6.07) is 18.3. The van der Waals surface area contributed by atoms with Gasteiger partial charge in [0.25, 0.3) is 0 Å². The van der Waals surface area contributed by atoms with Crippen molar-refractivity contribution in [1.29, 1.82) is 0 Å². The minimum Gasteiger partial charge on any atom is -0.457 e. The highest BCUT2D eigenvalue weighted by atomic mass is 35.5. The normalized spacial score (nSPS) is 11.5. The summed E-state index contributed by atoms with van der Waals surface area (Å²) >= 11 is 0. The molecule has 2 aromatic carbocycles. The number of nitrogens with one attached hydrogen (secondary N) is 1. The lowest BCUT2D eigenvalue weighted by Crippen LogP contribution is -2.16. The van der Waals surface area contributed by atoms with E-state index in [-0.39, 0.29) is 12.4 Å². The SMILES string of the molecule is CCC(CNC)c1cccc(Oc2ccccc2)c1.Cl. The molecular formula is C17H22ClNO. The Morgan fingerprint density at radius 2 is 1.70 bits per heavy atom. The van der Waals surface area contributed by atoms with Crippen LogP contribution in [0.1, 0.15) is 24.8 Å². The van der Waals surface area contributed by atoms with Gasteiger partial charge in [-0.25, -0.2) is 0 Å². The van der Waals surface area contributed by atoms with Gasteiger partial charge in [0.2, 0.25) is 0 Å². The van der Waals surface area contributed by atoms with Crippen molar-refractivity contribution in [2.24, 2.45) is 0 Å². The molecule has 0 bridgehead atoms. The largest absolute Gasteiger partial charge is 0.457 e. The topological polar surface area (TPSA) is 21.3 Å². The predicted octanol–water partition coefficient (Wildman–Crippen LogP) is 4.61. The molecule has 0 aromatic heterocycles. The highest BCUT2D eigenvalue weighted by Crippen LogP contribution is 2.26. The summed E-state index contributed by atoms with van der Waals surface area (Å²) in [4.78, 5) is 0. The van der Waals surface area contributed by atoms with Gasteiger partial charge in [-0.15, -0.1) is 12.4 Å². The number of benzene rings is 2. The number of ether oxygens (including phenoxy) is 1. The van der Waals surface area contributed by atoms with Crippen LogP contribution >= 0.6 is 12.4 Å². The van der Waals surface area contributed by atoms with E-state index in [1.54, 1.807) is 0 Å². The summed E-state index contributed by atoms with van der Waals surface area (Å²) in [7, 11) is 1.99. The van der Waals surface area contributed by atoms with Gasteiger partial charge in [0.05, 0.1) is 0 Å². The van der Waals surface area contributed by atoms with E-state index < -0.39 is 0 Å². The van der Waals surface area contributed by atoms with Crippen molar-refractivity contribution < 1.29 is 4.74 Å². The van der Waals surface area contributed by atoms with Crippen LogP contribution in [0.5, 0.6) is 11.5 Å². The maximum absolute atomic E-state index is 5.87. The second-order valence-electron chi connectivity index (χ2n) is 4.65. The third-order valence-corrected chi connectivity index (χ3v) is 3.25. The number of para-hydroxylation sites is 1. The van der Waals surface area contributed by atoms with Crippen molar-refractivity contribution >= 4 is 12.4 Å². The Bertz CT molecular complexity index is 501. The Balaban J connectivity index is 0.00000200. The van der Waals surface area contributed by atoms with Gasteiger partial charge in [-0.2, -0.15) is 0 Å². The van der Waals surface area contributed by atoms with Crippen LogP contribution in [-0.2, 0) is 0 Å². The van der Waals surface area contributed by atoms with E-state index in [1.807, 2.05) is 43.4 Å². The molecule has 0 aliphatic rings. The third kappa shape index (κ3) is 4.55. The number of likely N-dealkylation sites (N-methyl/N-ethyl adjacent to an activating group) is 1. The van der Waals surface area contributed by atoms with Gasteiger partial charge < -0.3 is 10.1 Å². The molecule has 0 aliphatic heterocycles. The van der Waals surface area contributed by atoms with Crippen LogP contribution in [0.3, 0.4) is 0 Å². The fraction of sp³-hybridized carbons (Fsp3) is 0.294. The van der Waals surface area contributed by atoms with Gasteiger partial charge in [0, 0.05) is 6.54 Å². The summed E-state index contributed by atoms with van der Waals surface area (Å²) in [5.74, 6) is 2.31. The van der Waals surface area contributed by atoms with Crippen LogP contribution in [0.15, 0.2) is 54.6 Å². The van der Waals surface area contributed by atoms with E-state index in [1.165, 1.54) is 5.56 Å². The standard InChI is InChI=1S/C17H21NO.ClH/c1-3-14(13-18-2)15-8-7-11-17(12-15)19-16-9-5-4-6-10-16;/h4-12,14,18H,3,13H2,1-2H3;1H. The van der Waals surface area contributed by atoms with Crippen LogP contribution < -0.4 is 10.1 Å². The minimum atomic E-state index is 0. The Hall–Kier alpha value is -1.51. The Labute approximate surface area is 127 Å². The Morgan fingerprint density at radius 1 is 1.00 bits per heavy atom. The van der Waals surface area contributed by atoms with E-state index in [9.17, 15) is 0 Å². The van der Waals surface area contributed by atoms with Crippen molar-refractivity contribution in [1.82, 2.24) is 5.32 Å². The molecule has 0 radical (unpaired) electrons. The molecule has 0 saturated carbocycles. The molecule has 3 heteroatoms. The van der Waals surface area contributed by atoms with Gasteiger partial charge in [0.15, 0.2) is 0 Å². The zero-order valence-corrected chi connectivity index (χ0v) is 12.8. The van der Waals surface area contributed by atoms with E-state index in [4.69, 9.17) is 4.74 Å². The highest BCUT2D eigenvalue weighted by Gasteiger charge is 2.09. The number of hydrogen-bond acceptors (Lipinski definition) is 2. The highest BCUT2D eigenvalue weighted by molar-refractivity contribution is 5.85. The zero-order chi connectivity index (χ0) is 13.5. The van der Waals surface area contributed by atoms with Crippen LogP contribution in [0.4, 0.5) is 0 Å². The van der Waals surface area contributed by atoms with E-state index in [0.29, 0.717) is 5.92 Å². The van der Waals surface area contributed by atoms with Crippen molar-refractivity contribution in [2.45, 2.75) is 19.3 Å². The number of hydrogen-bond donors (Lipinski definition) is 1. The summed E-state index contributed by atoms with van der Waals surface area (Å²) in [6.45, 7) is 3.21. The molecule has 1 unspecified atom stereocenters. The summed E-state index contributed by atoms with van der Waals surface area (Å²) in [6.07, 6.45) is 1.12. The monoisotopic (exact) mass is 291 g/mol. The van der Waals surface area contributed by atoms with E-state index >= 15 is 0 Å². The van der Waals surface area contributed by atoms with Crippen LogP contribution in [0.2, 0.25) is 0 Å². The second-order valence-corrected chi connectivity index (χ2v) is 4.65. The summed E-state index contributed by atoms with van der Waals surface area (Å²) < 4.78 is 5.87. The first-order valence-corrected chi connectivity index (χ1v) is 6.81. The average Bonchev–Trinajstić information content (AvgIpc) is 2.46. The van der Waals surface area contributed by atoms with Crippen molar-refractivity contribution in [3.63, 3.8) is 0 Å².